The van der Waals surface area contributed by atoms with Gasteiger partial charge in [-0.05, 0) is 37.0 Å². The largest absolute Gasteiger partial charge is 0.376 e. The van der Waals surface area contributed by atoms with Crippen molar-refractivity contribution >= 4 is 5.91 Å². The standard InChI is InChI=1S/C20H21N3O2/c21-13-17-8-9-19(22-14-17)20(24)23-11-10-18(15-23)25-12-4-7-16-5-2-1-3-6-16/h1-3,5-6,8-9,14,18H,4,7,10-12,15H2. The molecular formula is C20H21N3O2. The summed E-state index contributed by atoms with van der Waals surface area (Å²) in [5.41, 5.74) is 2.16. The first-order valence-electron chi connectivity index (χ1n) is 8.57. The van der Waals surface area contributed by atoms with E-state index in [4.69, 9.17) is 10.00 Å². The highest BCUT2D eigenvalue weighted by atomic mass is 16.5. The molecule has 5 heteroatoms. The van der Waals surface area contributed by atoms with Crippen molar-refractivity contribution < 1.29 is 9.53 Å². The first kappa shape index (κ1) is 17.1. The van der Waals surface area contributed by atoms with Crippen LogP contribution in [-0.4, -0.2) is 41.6 Å². The van der Waals surface area contributed by atoms with Gasteiger partial charge in [0.25, 0.3) is 5.91 Å². The summed E-state index contributed by atoms with van der Waals surface area (Å²) in [6, 6.07) is 15.6. The van der Waals surface area contributed by atoms with E-state index in [1.807, 2.05) is 24.3 Å². The molecule has 25 heavy (non-hydrogen) atoms. The lowest BCUT2D eigenvalue weighted by Crippen LogP contribution is -2.30. The molecule has 1 unspecified atom stereocenters. The van der Waals surface area contributed by atoms with E-state index in [1.165, 1.54) is 11.8 Å². The van der Waals surface area contributed by atoms with Gasteiger partial charge >= 0.3 is 0 Å². The fourth-order valence-electron chi connectivity index (χ4n) is 2.97. The van der Waals surface area contributed by atoms with E-state index in [0.29, 0.717) is 31.0 Å². The van der Waals surface area contributed by atoms with Crippen LogP contribution >= 0.6 is 0 Å². The Morgan fingerprint density at radius 1 is 1.28 bits per heavy atom. The molecule has 1 aliphatic rings. The monoisotopic (exact) mass is 335 g/mol. The Kier molecular flexibility index (Phi) is 5.76. The highest BCUT2D eigenvalue weighted by Gasteiger charge is 2.27. The SMILES string of the molecule is N#Cc1ccc(C(=O)N2CCC(OCCCc3ccccc3)C2)nc1. The number of carbonyl (C=O) groups is 1. The van der Waals surface area contributed by atoms with Crippen molar-refractivity contribution in [3.63, 3.8) is 0 Å². The predicted octanol–water partition coefficient (Wildman–Crippen LogP) is 2.82. The Morgan fingerprint density at radius 2 is 2.12 bits per heavy atom. The van der Waals surface area contributed by atoms with Crippen molar-refractivity contribution in [3.8, 4) is 6.07 Å². The first-order valence-corrected chi connectivity index (χ1v) is 8.57. The number of aromatic nitrogens is 1. The molecule has 1 atom stereocenters. The van der Waals surface area contributed by atoms with Gasteiger partial charge in [-0.15, -0.1) is 0 Å². The van der Waals surface area contributed by atoms with Gasteiger partial charge in [-0.2, -0.15) is 5.26 Å². The second-order valence-electron chi connectivity index (χ2n) is 6.17. The van der Waals surface area contributed by atoms with E-state index in [9.17, 15) is 4.79 Å². The van der Waals surface area contributed by atoms with Crippen LogP contribution in [0.3, 0.4) is 0 Å². The molecule has 2 aromatic rings. The van der Waals surface area contributed by atoms with E-state index in [0.717, 1.165) is 19.3 Å². The number of likely N-dealkylation sites (tertiary alicyclic amines) is 1. The Hall–Kier alpha value is -2.71. The van der Waals surface area contributed by atoms with Gasteiger partial charge in [0.1, 0.15) is 11.8 Å². The molecule has 0 radical (unpaired) electrons. The maximum absolute atomic E-state index is 12.4. The minimum absolute atomic E-state index is 0.0955. The van der Waals surface area contributed by atoms with Crippen molar-refractivity contribution in [1.82, 2.24) is 9.88 Å². The summed E-state index contributed by atoms with van der Waals surface area (Å²) in [6.07, 6.45) is 4.36. The van der Waals surface area contributed by atoms with Crippen LogP contribution in [0.5, 0.6) is 0 Å². The van der Waals surface area contributed by atoms with Crippen molar-refractivity contribution in [2.45, 2.75) is 25.4 Å². The van der Waals surface area contributed by atoms with E-state index < -0.39 is 0 Å². The van der Waals surface area contributed by atoms with Crippen molar-refractivity contribution in [2.75, 3.05) is 19.7 Å². The summed E-state index contributed by atoms with van der Waals surface area (Å²) in [5.74, 6) is -0.0973. The molecule has 1 aromatic heterocycles. The first-order chi connectivity index (χ1) is 12.3. The Labute approximate surface area is 147 Å². The highest BCUT2D eigenvalue weighted by Crippen LogP contribution is 2.16. The number of ether oxygens (including phenoxy) is 1. The second-order valence-corrected chi connectivity index (χ2v) is 6.17. The van der Waals surface area contributed by atoms with Gasteiger partial charge in [0.05, 0.1) is 11.7 Å². The number of hydrogen-bond donors (Lipinski definition) is 0. The summed E-state index contributed by atoms with van der Waals surface area (Å²) in [4.78, 5) is 18.3. The number of hydrogen-bond acceptors (Lipinski definition) is 4. The average Bonchev–Trinajstić information content (AvgIpc) is 3.14. The number of nitriles is 1. The molecule has 0 spiro atoms. The molecule has 0 aliphatic carbocycles. The number of benzene rings is 1. The van der Waals surface area contributed by atoms with Crippen LogP contribution in [0.4, 0.5) is 0 Å². The zero-order valence-electron chi connectivity index (χ0n) is 14.1. The molecule has 1 saturated heterocycles. The fraction of sp³-hybridized carbons (Fsp3) is 0.350. The molecule has 0 N–H and O–H groups in total. The highest BCUT2D eigenvalue weighted by molar-refractivity contribution is 5.92. The molecule has 1 fully saturated rings. The van der Waals surface area contributed by atoms with Crippen molar-refractivity contribution in [1.29, 1.82) is 5.26 Å². The molecule has 128 valence electrons. The molecular weight excluding hydrogens is 314 g/mol. The van der Waals surface area contributed by atoms with Crippen LogP contribution in [0.2, 0.25) is 0 Å². The summed E-state index contributed by atoms with van der Waals surface area (Å²) < 4.78 is 5.92. The number of rotatable bonds is 6. The van der Waals surface area contributed by atoms with Crippen LogP contribution in [0, 0.1) is 11.3 Å². The maximum atomic E-state index is 12.4. The number of amides is 1. The lowest BCUT2D eigenvalue weighted by Gasteiger charge is -2.16. The molecule has 1 amide bonds. The van der Waals surface area contributed by atoms with Crippen LogP contribution in [0.25, 0.3) is 0 Å². The van der Waals surface area contributed by atoms with Crippen LogP contribution in [0.15, 0.2) is 48.7 Å². The van der Waals surface area contributed by atoms with Crippen LogP contribution in [0.1, 0.15) is 34.5 Å². The lowest BCUT2D eigenvalue weighted by atomic mass is 10.1. The van der Waals surface area contributed by atoms with Gasteiger partial charge in [0.15, 0.2) is 0 Å². The summed E-state index contributed by atoms with van der Waals surface area (Å²) in [5, 5.41) is 8.79. The third-order valence-corrected chi connectivity index (χ3v) is 4.35. The summed E-state index contributed by atoms with van der Waals surface area (Å²) >= 11 is 0. The third-order valence-electron chi connectivity index (χ3n) is 4.35. The van der Waals surface area contributed by atoms with E-state index >= 15 is 0 Å². The summed E-state index contributed by atoms with van der Waals surface area (Å²) in [7, 11) is 0. The molecule has 0 saturated carbocycles. The minimum Gasteiger partial charge on any atom is -0.376 e. The Balaban J connectivity index is 1.42. The van der Waals surface area contributed by atoms with Gasteiger partial charge in [-0.3, -0.25) is 4.79 Å². The number of nitrogens with zero attached hydrogens (tertiary/aromatic N) is 3. The Bertz CT molecular complexity index is 738. The zero-order valence-corrected chi connectivity index (χ0v) is 14.1. The van der Waals surface area contributed by atoms with E-state index in [-0.39, 0.29) is 12.0 Å². The Morgan fingerprint density at radius 3 is 2.84 bits per heavy atom. The molecule has 3 rings (SSSR count). The fourth-order valence-corrected chi connectivity index (χ4v) is 2.97. The predicted molar refractivity (Wildman–Crippen MR) is 94.0 cm³/mol. The van der Waals surface area contributed by atoms with Gasteiger partial charge in [-0.1, -0.05) is 30.3 Å². The molecule has 2 heterocycles. The molecule has 1 aromatic carbocycles. The maximum Gasteiger partial charge on any atom is 0.272 e. The summed E-state index contributed by atoms with van der Waals surface area (Å²) in [6.45, 7) is 1.99. The van der Waals surface area contributed by atoms with Crippen LogP contribution < -0.4 is 0 Å². The number of pyridine rings is 1. The van der Waals surface area contributed by atoms with Crippen LogP contribution in [-0.2, 0) is 11.2 Å². The van der Waals surface area contributed by atoms with Gasteiger partial charge in [-0.25, -0.2) is 4.98 Å². The third kappa shape index (κ3) is 4.65. The average molecular weight is 335 g/mol. The smallest absolute Gasteiger partial charge is 0.272 e. The quantitative estimate of drug-likeness (QED) is 0.761. The lowest BCUT2D eigenvalue weighted by molar-refractivity contribution is 0.0523. The zero-order chi connectivity index (χ0) is 17.5. The van der Waals surface area contributed by atoms with Crippen molar-refractivity contribution in [2.24, 2.45) is 0 Å². The van der Waals surface area contributed by atoms with E-state index in [2.05, 4.69) is 17.1 Å². The van der Waals surface area contributed by atoms with E-state index in [1.54, 1.807) is 17.0 Å². The van der Waals surface area contributed by atoms with Gasteiger partial charge < -0.3 is 9.64 Å². The van der Waals surface area contributed by atoms with Gasteiger partial charge in [0, 0.05) is 25.9 Å². The minimum atomic E-state index is -0.0973. The molecule has 1 aliphatic heterocycles. The topological polar surface area (TPSA) is 66.2 Å². The second kappa shape index (κ2) is 8.41. The van der Waals surface area contributed by atoms with Gasteiger partial charge in [0.2, 0.25) is 0 Å². The normalized spacial score (nSPS) is 16.6. The number of carbonyl (C=O) groups excluding carboxylic acids is 1. The molecule has 5 nitrogen and oxygen atoms in total. The van der Waals surface area contributed by atoms with Crippen molar-refractivity contribution in [3.05, 3.63) is 65.5 Å². The molecule has 0 bridgehead atoms. The number of aryl methyl sites for hydroxylation is 1.